The molecule has 1 fully saturated rings. The molecule has 1 aliphatic heterocycles. The lowest BCUT2D eigenvalue weighted by Crippen LogP contribution is -2.41. The van der Waals surface area contributed by atoms with Gasteiger partial charge in [0.05, 0.1) is 26.0 Å². The third-order valence-corrected chi connectivity index (χ3v) is 6.48. The van der Waals surface area contributed by atoms with E-state index in [1.165, 1.54) is 16.2 Å². The number of hydrogen-bond acceptors (Lipinski definition) is 6. The Labute approximate surface area is 191 Å². The van der Waals surface area contributed by atoms with Gasteiger partial charge in [-0.2, -0.15) is 0 Å². The van der Waals surface area contributed by atoms with Gasteiger partial charge in [-0.05, 0) is 50.1 Å². The average molecular weight is 452 g/mol. The van der Waals surface area contributed by atoms with E-state index in [1.807, 2.05) is 61.7 Å². The second kappa shape index (κ2) is 8.63. The fourth-order valence-electron chi connectivity index (χ4n) is 3.91. The zero-order valence-corrected chi connectivity index (χ0v) is 19.3. The van der Waals surface area contributed by atoms with E-state index in [9.17, 15) is 9.59 Å². The second-order valence-corrected chi connectivity index (χ2v) is 8.56. The second-order valence-electron chi connectivity index (χ2n) is 7.70. The molecule has 2 aromatic carbocycles. The summed E-state index contributed by atoms with van der Waals surface area (Å²) in [7, 11) is 1.60. The van der Waals surface area contributed by atoms with Crippen molar-refractivity contribution in [3.63, 3.8) is 0 Å². The van der Waals surface area contributed by atoms with Gasteiger partial charge < -0.3 is 14.8 Å². The van der Waals surface area contributed by atoms with Crippen molar-refractivity contribution in [2.24, 2.45) is 0 Å². The summed E-state index contributed by atoms with van der Waals surface area (Å²) in [5.74, 6) is 1.02. The molecule has 0 aliphatic carbocycles. The van der Waals surface area contributed by atoms with E-state index in [2.05, 4.69) is 10.3 Å². The monoisotopic (exact) mass is 451 g/mol. The van der Waals surface area contributed by atoms with Crippen molar-refractivity contribution in [2.45, 2.75) is 32.9 Å². The van der Waals surface area contributed by atoms with Crippen LogP contribution in [0.4, 0.5) is 4.79 Å². The number of rotatable bonds is 7. The van der Waals surface area contributed by atoms with E-state index in [1.54, 1.807) is 14.0 Å². The van der Waals surface area contributed by atoms with Gasteiger partial charge in [0.25, 0.3) is 5.91 Å². The summed E-state index contributed by atoms with van der Waals surface area (Å²) >= 11 is 1.45. The van der Waals surface area contributed by atoms with Crippen molar-refractivity contribution in [3.05, 3.63) is 64.7 Å². The van der Waals surface area contributed by atoms with Crippen LogP contribution in [0, 0.1) is 6.92 Å². The molecular formula is C24H25N3O4S. The lowest BCUT2D eigenvalue weighted by atomic mass is 9.88. The zero-order valence-electron chi connectivity index (χ0n) is 18.5. The Morgan fingerprint density at radius 2 is 1.94 bits per heavy atom. The maximum atomic E-state index is 13.2. The molecule has 7 nitrogen and oxygen atoms in total. The van der Waals surface area contributed by atoms with Gasteiger partial charge in [-0.3, -0.25) is 9.69 Å². The first-order valence-corrected chi connectivity index (χ1v) is 11.2. The Hall–Kier alpha value is -3.39. The molecule has 0 radical (unpaired) electrons. The van der Waals surface area contributed by atoms with Gasteiger partial charge in [0.15, 0.2) is 11.5 Å². The third kappa shape index (κ3) is 3.82. The summed E-state index contributed by atoms with van der Waals surface area (Å²) in [6.07, 6.45) is 0. The minimum Gasteiger partial charge on any atom is -0.493 e. The average Bonchev–Trinajstić information content (AvgIpc) is 3.33. The lowest BCUT2D eigenvalue weighted by molar-refractivity contribution is -0.131. The topological polar surface area (TPSA) is 80.8 Å². The van der Waals surface area contributed by atoms with Crippen LogP contribution >= 0.6 is 11.3 Å². The molecule has 4 rings (SSSR count). The summed E-state index contributed by atoms with van der Waals surface area (Å²) in [5.41, 5.74) is 2.18. The quantitative estimate of drug-likeness (QED) is 0.535. The number of hydrogen-bond donors (Lipinski definition) is 1. The smallest absolute Gasteiger partial charge is 0.325 e. The van der Waals surface area contributed by atoms with Gasteiger partial charge in [-0.15, -0.1) is 11.3 Å². The molecule has 1 N–H and O–H groups in total. The molecule has 1 aliphatic rings. The summed E-state index contributed by atoms with van der Waals surface area (Å²) < 4.78 is 11.0. The summed E-state index contributed by atoms with van der Waals surface area (Å²) in [4.78, 5) is 31.8. The summed E-state index contributed by atoms with van der Waals surface area (Å²) in [5, 5.41) is 5.50. The van der Waals surface area contributed by atoms with Crippen LogP contribution in [-0.2, 0) is 16.9 Å². The molecule has 32 heavy (non-hydrogen) atoms. The Morgan fingerprint density at radius 1 is 1.16 bits per heavy atom. The number of carbonyl (C=O) groups excluding carboxylic acids is 2. The molecule has 1 aromatic heterocycles. The molecule has 1 saturated heterocycles. The molecule has 3 amide bonds. The van der Waals surface area contributed by atoms with Crippen LogP contribution in [0.1, 0.15) is 30.7 Å². The first kappa shape index (κ1) is 21.8. The molecule has 0 saturated carbocycles. The SMILES string of the molecule is CCOc1ccc(-c2nc(CN3C(=O)NC(C)(c4ccccc4C)C3=O)cs2)cc1OC. The number of urea groups is 1. The predicted octanol–water partition coefficient (Wildman–Crippen LogP) is 4.49. The first-order chi connectivity index (χ1) is 15.4. The predicted molar refractivity (Wildman–Crippen MR) is 123 cm³/mol. The molecule has 166 valence electrons. The van der Waals surface area contributed by atoms with Gasteiger partial charge >= 0.3 is 6.03 Å². The number of nitrogens with zero attached hydrogens (tertiary/aromatic N) is 2. The summed E-state index contributed by atoms with van der Waals surface area (Å²) in [6.45, 7) is 6.25. The fourth-order valence-corrected chi connectivity index (χ4v) is 4.71. The molecule has 8 heteroatoms. The largest absolute Gasteiger partial charge is 0.493 e. The standard InChI is InChI=1S/C24H25N3O4S/c1-5-31-19-11-10-16(12-20(19)30-4)21-25-17(14-32-21)13-27-22(28)24(3,26-23(27)29)18-9-7-6-8-15(18)2/h6-12,14H,5,13H2,1-4H3,(H,26,29). The number of aromatic nitrogens is 1. The number of amides is 3. The number of imide groups is 1. The van der Waals surface area contributed by atoms with Crippen LogP contribution in [0.5, 0.6) is 11.5 Å². The Bertz CT molecular complexity index is 1180. The lowest BCUT2D eigenvalue weighted by Gasteiger charge is -2.24. The van der Waals surface area contributed by atoms with Crippen molar-refractivity contribution < 1.29 is 19.1 Å². The van der Waals surface area contributed by atoms with Gasteiger partial charge in [0.1, 0.15) is 10.5 Å². The summed E-state index contributed by atoms with van der Waals surface area (Å²) in [6, 6.07) is 12.8. The molecule has 2 heterocycles. The van der Waals surface area contributed by atoms with Crippen LogP contribution in [0.25, 0.3) is 10.6 Å². The zero-order chi connectivity index (χ0) is 22.9. The molecule has 0 bridgehead atoms. The van der Waals surface area contributed by atoms with Crippen molar-refractivity contribution in [1.29, 1.82) is 0 Å². The molecule has 1 atom stereocenters. The highest BCUT2D eigenvalue weighted by atomic mass is 32.1. The van der Waals surface area contributed by atoms with Crippen LogP contribution in [0.3, 0.4) is 0 Å². The van der Waals surface area contributed by atoms with E-state index in [-0.39, 0.29) is 12.5 Å². The number of carbonyl (C=O) groups is 2. The van der Waals surface area contributed by atoms with Gasteiger partial charge in [0.2, 0.25) is 0 Å². The number of thiazole rings is 1. The highest BCUT2D eigenvalue weighted by Gasteiger charge is 2.49. The van der Waals surface area contributed by atoms with Crippen LogP contribution in [0.15, 0.2) is 47.8 Å². The van der Waals surface area contributed by atoms with Gasteiger partial charge in [0, 0.05) is 10.9 Å². The fraction of sp³-hybridized carbons (Fsp3) is 0.292. The van der Waals surface area contributed by atoms with Crippen LogP contribution in [0.2, 0.25) is 0 Å². The van der Waals surface area contributed by atoms with E-state index in [0.29, 0.717) is 23.8 Å². The van der Waals surface area contributed by atoms with Crippen molar-refractivity contribution in [1.82, 2.24) is 15.2 Å². The molecule has 1 unspecified atom stereocenters. The Balaban J connectivity index is 1.56. The highest BCUT2D eigenvalue weighted by Crippen LogP contribution is 2.35. The molecule has 0 spiro atoms. The number of methoxy groups -OCH3 is 1. The van der Waals surface area contributed by atoms with E-state index in [0.717, 1.165) is 21.7 Å². The molecule has 3 aromatic rings. The normalized spacial score (nSPS) is 18.1. The van der Waals surface area contributed by atoms with Crippen LogP contribution in [-0.4, -0.2) is 35.5 Å². The minimum atomic E-state index is -1.09. The number of aryl methyl sites for hydroxylation is 1. The highest BCUT2D eigenvalue weighted by molar-refractivity contribution is 7.13. The molecular weight excluding hydrogens is 426 g/mol. The first-order valence-electron chi connectivity index (χ1n) is 10.3. The number of benzene rings is 2. The van der Waals surface area contributed by atoms with Gasteiger partial charge in [-0.25, -0.2) is 9.78 Å². The Kier molecular flexibility index (Phi) is 5.88. The number of ether oxygens (including phenoxy) is 2. The maximum Gasteiger partial charge on any atom is 0.325 e. The third-order valence-electron chi connectivity index (χ3n) is 5.54. The van der Waals surface area contributed by atoms with Gasteiger partial charge in [-0.1, -0.05) is 24.3 Å². The van der Waals surface area contributed by atoms with Crippen LogP contribution < -0.4 is 14.8 Å². The maximum absolute atomic E-state index is 13.2. The van der Waals surface area contributed by atoms with Crippen molar-refractivity contribution >= 4 is 23.3 Å². The number of nitrogens with one attached hydrogen (secondary N) is 1. The minimum absolute atomic E-state index is 0.108. The van der Waals surface area contributed by atoms with E-state index < -0.39 is 11.6 Å². The Morgan fingerprint density at radius 3 is 2.66 bits per heavy atom. The van der Waals surface area contributed by atoms with Crippen molar-refractivity contribution in [2.75, 3.05) is 13.7 Å². The van der Waals surface area contributed by atoms with E-state index in [4.69, 9.17) is 9.47 Å². The van der Waals surface area contributed by atoms with E-state index >= 15 is 0 Å². The van der Waals surface area contributed by atoms with Crippen molar-refractivity contribution in [3.8, 4) is 22.1 Å².